The molecular formula is C20H25N5O. The van der Waals surface area contributed by atoms with Crippen LogP contribution < -0.4 is 10.9 Å². The Balaban J connectivity index is 2.15. The molecule has 6 heteroatoms. The fourth-order valence-corrected chi connectivity index (χ4v) is 3.43. The highest BCUT2D eigenvalue weighted by atomic mass is 16.1. The number of anilines is 1. The lowest BCUT2D eigenvalue weighted by Gasteiger charge is -2.32. The van der Waals surface area contributed by atoms with E-state index < -0.39 is 0 Å². The second kappa shape index (κ2) is 8.10. The van der Waals surface area contributed by atoms with Gasteiger partial charge in [0.25, 0.3) is 5.56 Å². The van der Waals surface area contributed by atoms with Gasteiger partial charge in [-0.2, -0.15) is 0 Å². The van der Waals surface area contributed by atoms with Crippen LogP contribution in [-0.4, -0.2) is 47.9 Å². The van der Waals surface area contributed by atoms with Crippen LogP contribution in [0.3, 0.4) is 0 Å². The van der Waals surface area contributed by atoms with Gasteiger partial charge in [-0.05, 0) is 44.6 Å². The molecule has 2 aromatic rings. The second-order valence-electron chi connectivity index (χ2n) is 6.56. The van der Waals surface area contributed by atoms with Gasteiger partial charge in [0.2, 0.25) is 5.95 Å². The van der Waals surface area contributed by atoms with Gasteiger partial charge in [-0.3, -0.25) is 14.4 Å². The highest BCUT2D eigenvalue weighted by Gasteiger charge is 2.24. The lowest BCUT2D eigenvalue weighted by atomic mass is 10.1. The standard InChI is InChI=1S/C20H25N5O/c1-4-8-15(13-21-2)22-20-23-18-11-6-5-10-17(18)19(26)25(20)16-9-7-12-24(3)14-16/h4-6,8,10-11,13,16H,1,7,9,12,14H2,2-3H3,(H,22,23)/b15-8+,21-13-/t16-/m1/s1. The third-order valence-corrected chi connectivity index (χ3v) is 4.59. The van der Waals surface area contributed by atoms with Crippen LogP contribution in [0.5, 0.6) is 0 Å². The smallest absolute Gasteiger partial charge is 0.263 e. The molecule has 1 aliphatic heterocycles. The molecule has 26 heavy (non-hydrogen) atoms. The molecule has 1 atom stereocenters. The largest absolute Gasteiger partial charge is 0.324 e. The maximum Gasteiger partial charge on any atom is 0.263 e. The minimum Gasteiger partial charge on any atom is -0.324 e. The molecule has 1 N–H and O–H groups in total. The molecule has 0 saturated carbocycles. The summed E-state index contributed by atoms with van der Waals surface area (Å²) in [5.41, 5.74) is 1.42. The highest BCUT2D eigenvalue weighted by Crippen LogP contribution is 2.24. The van der Waals surface area contributed by atoms with Crippen molar-refractivity contribution in [1.29, 1.82) is 0 Å². The fraction of sp³-hybridized carbons (Fsp3) is 0.350. The van der Waals surface area contributed by atoms with Crippen LogP contribution in [0.4, 0.5) is 5.95 Å². The Morgan fingerprint density at radius 1 is 1.42 bits per heavy atom. The minimum atomic E-state index is -0.00945. The number of nitrogens with zero attached hydrogens (tertiary/aromatic N) is 4. The zero-order valence-electron chi connectivity index (χ0n) is 15.4. The topological polar surface area (TPSA) is 62.5 Å². The predicted octanol–water partition coefficient (Wildman–Crippen LogP) is 2.85. The van der Waals surface area contributed by atoms with Crippen molar-refractivity contribution in [2.75, 3.05) is 32.5 Å². The van der Waals surface area contributed by atoms with E-state index in [-0.39, 0.29) is 11.6 Å². The zero-order chi connectivity index (χ0) is 18.5. The van der Waals surface area contributed by atoms with E-state index in [9.17, 15) is 4.79 Å². The van der Waals surface area contributed by atoms with E-state index in [4.69, 9.17) is 4.98 Å². The van der Waals surface area contributed by atoms with Crippen molar-refractivity contribution >= 4 is 23.1 Å². The van der Waals surface area contributed by atoms with E-state index in [0.29, 0.717) is 16.9 Å². The lowest BCUT2D eigenvalue weighted by Crippen LogP contribution is -2.39. The highest BCUT2D eigenvalue weighted by molar-refractivity contribution is 5.84. The summed E-state index contributed by atoms with van der Waals surface area (Å²) in [5, 5.41) is 3.91. The zero-order valence-corrected chi connectivity index (χ0v) is 15.4. The summed E-state index contributed by atoms with van der Waals surface area (Å²) in [6.45, 7) is 5.63. The van der Waals surface area contributed by atoms with Gasteiger partial charge in [-0.15, -0.1) is 0 Å². The van der Waals surface area contributed by atoms with Gasteiger partial charge in [-0.1, -0.05) is 24.8 Å². The Kier molecular flexibility index (Phi) is 5.63. The van der Waals surface area contributed by atoms with Gasteiger partial charge in [0.1, 0.15) is 0 Å². The number of benzene rings is 1. The summed E-state index contributed by atoms with van der Waals surface area (Å²) in [4.78, 5) is 24.3. The first-order valence-electron chi connectivity index (χ1n) is 8.85. The summed E-state index contributed by atoms with van der Waals surface area (Å²) in [6.07, 6.45) is 7.21. The summed E-state index contributed by atoms with van der Waals surface area (Å²) in [7, 11) is 3.79. The Labute approximate surface area is 153 Å². The number of hydrogen-bond acceptors (Lipinski definition) is 5. The number of hydrogen-bond donors (Lipinski definition) is 1. The molecular weight excluding hydrogens is 326 g/mol. The van der Waals surface area contributed by atoms with Crippen molar-refractivity contribution in [2.24, 2.45) is 4.99 Å². The second-order valence-corrected chi connectivity index (χ2v) is 6.56. The number of likely N-dealkylation sites (N-methyl/N-ethyl adjacent to an activating group) is 1. The number of aliphatic imine (C=N–C) groups is 1. The van der Waals surface area contributed by atoms with E-state index in [2.05, 4.69) is 28.8 Å². The number of nitrogens with one attached hydrogen (secondary N) is 1. The first kappa shape index (κ1) is 18.1. The van der Waals surface area contributed by atoms with Crippen LogP contribution in [0.2, 0.25) is 0 Å². The van der Waals surface area contributed by atoms with Crippen molar-refractivity contribution in [3.63, 3.8) is 0 Å². The molecule has 1 aromatic carbocycles. The number of allylic oxidation sites excluding steroid dienone is 3. The number of rotatable bonds is 5. The molecule has 1 aromatic heterocycles. The van der Waals surface area contributed by atoms with Crippen molar-refractivity contribution in [3.8, 4) is 0 Å². The van der Waals surface area contributed by atoms with E-state index in [1.54, 1.807) is 23.9 Å². The maximum atomic E-state index is 13.2. The SMILES string of the molecule is C=C/C=C(\C=N/C)Nc1nc2ccccc2c(=O)n1[C@@H]1CCCN(C)C1. The molecule has 0 radical (unpaired) electrons. The molecule has 1 aliphatic rings. The van der Waals surface area contributed by atoms with Crippen molar-refractivity contribution < 1.29 is 0 Å². The molecule has 0 aliphatic carbocycles. The van der Waals surface area contributed by atoms with Crippen LogP contribution in [0, 0.1) is 0 Å². The molecule has 0 unspecified atom stereocenters. The summed E-state index contributed by atoms with van der Waals surface area (Å²) in [5.74, 6) is 0.544. The van der Waals surface area contributed by atoms with Gasteiger partial charge < -0.3 is 10.2 Å². The van der Waals surface area contributed by atoms with Gasteiger partial charge in [0, 0.05) is 19.8 Å². The molecule has 0 spiro atoms. The van der Waals surface area contributed by atoms with Gasteiger partial charge in [0.15, 0.2) is 0 Å². The maximum absolute atomic E-state index is 13.2. The summed E-state index contributed by atoms with van der Waals surface area (Å²) < 4.78 is 1.80. The van der Waals surface area contributed by atoms with E-state index in [1.807, 2.05) is 30.3 Å². The molecule has 1 fully saturated rings. The van der Waals surface area contributed by atoms with Crippen LogP contribution in [0.1, 0.15) is 18.9 Å². The van der Waals surface area contributed by atoms with Crippen molar-refractivity contribution in [3.05, 3.63) is 59.0 Å². The average molecular weight is 351 g/mol. The van der Waals surface area contributed by atoms with Crippen molar-refractivity contribution in [1.82, 2.24) is 14.5 Å². The Bertz CT molecular complexity index is 912. The number of aromatic nitrogens is 2. The number of para-hydroxylation sites is 1. The quantitative estimate of drug-likeness (QED) is 0.665. The number of likely N-dealkylation sites (tertiary alicyclic amines) is 1. The van der Waals surface area contributed by atoms with Crippen molar-refractivity contribution in [2.45, 2.75) is 18.9 Å². The summed E-state index contributed by atoms with van der Waals surface area (Å²) >= 11 is 0. The first-order valence-corrected chi connectivity index (χ1v) is 8.85. The normalized spacial score (nSPS) is 19.2. The van der Waals surface area contributed by atoms with E-state index >= 15 is 0 Å². The number of piperidine rings is 1. The van der Waals surface area contributed by atoms with Gasteiger partial charge in [0.05, 0.1) is 22.6 Å². The fourth-order valence-electron chi connectivity index (χ4n) is 3.43. The minimum absolute atomic E-state index is 0.00945. The molecule has 1 saturated heterocycles. The average Bonchev–Trinajstić information content (AvgIpc) is 2.62. The molecule has 6 nitrogen and oxygen atoms in total. The van der Waals surface area contributed by atoms with Crippen LogP contribution in [0.15, 0.2) is 58.5 Å². The van der Waals surface area contributed by atoms with Gasteiger partial charge in [-0.25, -0.2) is 4.98 Å². The van der Waals surface area contributed by atoms with Gasteiger partial charge >= 0.3 is 0 Å². The predicted molar refractivity (Wildman–Crippen MR) is 108 cm³/mol. The van der Waals surface area contributed by atoms with E-state index in [0.717, 1.165) is 31.6 Å². The molecule has 2 heterocycles. The van der Waals surface area contributed by atoms with Crippen LogP contribution in [0.25, 0.3) is 10.9 Å². The molecule has 3 rings (SSSR count). The molecule has 136 valence electrons. The van der Waals surface area contributed by atoms with Crippen LogP contribution in [-0.2, 0) is 0 Å². The third-order valence-electron chi connectivity index (χ3n) is 4.59. The third kappa shape index (κ3) is 3.75. The Morgan fingerprint density at radius 3 is 2.96 bits per heavy atom. The Hall–Kier alpha value is -2.73. The molecule has 0 amide bonds. The summed E-state index contributed by atoms with van der Waals surface area (Å²) in [6, 6.07) is 7.56. The lowest BCUT2D eigenvalue weighted by molar-refractivity contribution is 0.210. The monoisotopic (exact) mass is 351 g/mol. The first-order chi connectivity index (χ1) is 12.6. The number of fused-ring (bicyclic) bond motifs is 1. The van der Waals surface area contributed by atoms with Crippen LogP contribution >= 0.6 is 0 Å². The van der Waals surface area contributed by atoms with E-state index in [1.165, 1.54) is 0 Å². The Morgan fingerprint density at radius 2 is 2.23 bits per heavy atom. The molecule has 0 bridgehead atoms.